The van der Waals surface area contributed by atoms with Crippen molar-refractivity contribution in [2.75, 3.05) is 52.4 Å². The summed E-state index contributed by atoms with van der Waals surface area (Å²) >= 11 is 0. The summed E-state index contributed by atoms with van der Waals surface area (Å²) in [6, 6.07) is 4.29. The first-order valence-electron chi connectivity index (χ1n) is 18.0. The third-order valence-corrected chi connectivity index (χ3v) is 7.30. The Morgan fingerprint density at radius 1 is 0.500 bits per heavy atom. The molecule has 0 fully saturated rings. The minimum atomic E-state index is -0.506. The van der Waals surface area contributed by atoms with Gasteiger partial charge in [-0.15, -0.1) is 0 Å². The largest absolute Gasteiger partial charge is 0.444 e. The van der Waals surface area contributed by atoms with E-state index in [1.807, 2.05) is 51.3 Å². The molecular formula is C36H68N6O4. The van der Waals surface area contributed by atoms with Crippen LogP contribution >= 0.6 is 0 Å². The number of hydrogen-bond acceptors (Lipinski definition) is 8. The maximum atomic E-state index is 12.8. The fraction of sp³-hybridized carbons (Fsp3) is 0.889. The molecule has 0 aliphatic heterocycles. The molecule has 0 bridgehead atoms. The molecule has 0 unspecified atom stereocenters. The molecule has 10 heteroatoms. The normalized spacial score (nSPS) is 11.5. The van der Waals surface area contributed by atoms with E-state index in [0.717, 1.165) is 129 Å². The predicted octanol–water partition coefficient (Wildman–Crippen LogP) is 7.93. The van der Waals surface area contributed by atoms with Gasteiger partial charge in [0.05, 0.1) is 12.1 Å². The van der Waals surface area contributed by atoms with Gasteiger partial charge in [0.25, 0.3) is 0 Å². The zero-order valence-electron chi connectivity index (χ0n) is 30.4. The zero-order valence-corrected chi connectivity index (χ0v) is 30.4. The van der Waals surface area contributed by atoms with Crippen LogP contribution in [0.3, 0.4) is 0 Å². The maximum absolute atomic E-state index is 12.8. The zero-order chi connectivity index (χ0) is 34.5. The number of carbonyl (C=O) groups is 2. The Bertz CT molecular complexity index is 787. The van der Waals surface area contributed by atoms with Crippen LogP contribution in [0.2, 0.25) is 0 Å². The van der Waals surface area contributed by atoms with Crippen molar-refractivity contribution in [3.05, 3.63) is 0 Å². The van der Waals surface area contributed by atoms with Gasteiger partial charge in [0, 0.05) is 52.1 Å². The van der Waals surface area contributed by atoms with E-state index in [9.17, 15) is 9.59 Å². The van der Waals surface area contributed by atoms with Gasteiger partial charge in [0.15, 0.2) is 0 Å². The van der Waals surface area contributed by atoms with Crippen molar-refractivity contribution in [1.29, 1.82) is 10.5 Å². The van der Waals surface area contributed by atoms with Crippen molar-refractivity contribution in [3.63, 3.8) is 0 Å². The average Bonchev–Trinajstić information content (AvgIpc) is 2.96. The van der Waals surface area contributed by atoms with Gasteiger partial charge in [0.2, 0.25) is 0 Å². The van der Waals surface area contributed by atoms with Crippen LogP contribution < -0.4 is 10.6 Å². The number of hydrogen-bond donors (Lipinski definition) is 2. The van der Waals surface area contributed by atoms with E-state index in [1.165, 1.54) is 0 Å². The lowest BCUT2D eigenvalue weighted by atomic mass is 10.1. The van der Waals surface area contributed by atoms with E-state index < -0.39 is 11.2 Å². The third-order valence-electron chi connectivity index (χ3n) is 7.30. The Hall–Kier alpha value is -2.56. The highest BCUT2D eigenvalue weighted by molar-refractivity contribution is 5.68. The molecule has 0 aliphatic carbocycles. The number of amides is 2. The summed E-state index contributed by atoms with van der Waals surface area (Å²) in [4.78, 5) is 29.4. The summed E-state index contributed by atoms with van der Waals surface area (Å²) in [6.45, 7) is 17.7. The van der Waals surface area contributed by atoms with Crippen LogP contribution in [0.4, 0.5) is 9.59 Å². The Morgan fingerprint density at radius 3 is 1.07 bits per heavy atom. The number of nitriles is 2. The van der Waals surface area contributed by atoms with Crippen LogP contribution in [0.25, 0.3) is 0 Å². The van der Waals surface area contributed by atoms with Crippen LogP contribution in [-0.4, -0.2) is 85.5 Å². The number of nitrogens with one attached hydrogen (secondary N) is 2. The highest BCUT2D eigenvalue weighted by Crippen LogP contribution is 2.15. The lowest BCUT2D eigenvalue weighted by Gasteiger charge is -2.28. The molecular weight excluding hydrogens is 580 g/mol. The molecule has 0 radical (unpaired) electrons. The highest BCUT2D eigenvalue weighted by atomic mass is 16.6. The van der Waals surface area contributed by atoms with Crippen LogP contribution in [0.15, 0.2) is 0 Å². The minimum absolute atomic E-state index is 0.222. The van der Waals surface area contributed by atoms with Crippen LogP contribution in [0, 0.1) is 22.7 Å². The fourth-order valence-electron chi connectivity index (χ4n) is 4.91. The van der Waals surface area contributed by atoms with Gasteiger partial charge < -0.3 is 29.9 Å². The van der Waals surface area contributed by atoms with E-state index >= 15 is 0 Å². The summed E-state index contributed by atoms with van der Waals surface area (Å²) in [7, 11) is 0. The van der Waals surface area contributed by atoms with Crippen LogP contribution in [0.5, 0.6) is 0 Å². The Morgan fingerprint density at radius 2 is 0.783 bits per heavy atom. The van der Waals surface area contributed by atoms with Crippen molar-refractivity contribution < 1.29 is 19.1 Å². The van der Waals surface area contributed by atoms with Crippen molar-refractivity contribution in [3.8, 4) is 12.1 Å². The molecule has 2 N–H and O–H groups in total. The molecule has 0 heterocycles. The summed E-state index contributed by atoms with van der Waals surface area (Å²) in [6.07, 6.45) is 15.4. The molecule has 266 valence electrons. The topological polar surface area (TPSA) is 131 Å². The smallest absolute Gasteiger partial charge is 0.410 e. The Labute approximate surface area is 281 Å². The molecule has 0 aromatic rings. The molecule has 0 aromatic carbocycles. The monoisotopic (exact) mass is 649 g/mol. The van der Waals surface area contributed by atoms with E-state index in [-0.39, 0.29) is 12.2 Å². The number of nitrogens with zero attached hydrogens (tertiary/aromatic N) is 4. The lowest BCUT2D eigenvalue weighted by Crippen LogP contribution is -2.38. The number of carbonyl (C=O) groups excluding carboxylic acids is 2. The van der Waals surface area contributed by atoms with Gasteiger partial charge in [-0.2, -0.15) is 10.5 Å². The van der Waals surface area contributed by atoms with Gasteiger partial charge in [-0.25, -0.2) is 9.59 Å². The molecule has 0 saturated carbocycles. The standard InChI is InChI=1S/C36H68N6O4/c1-35(2,3)45-33(43)41(31-19-13-9-15-25-39-27-21-23-37)29-17-11-7-8-12-18-30-42(34(44)46-36(4,5)6)32-20-14-10-16-26-40-28-22-24-38/h39-40H,7-22,25-32H2,1-6H3. The molecule has 0 atom stereocenters. The molecule has 46 heavy (non-hydrogen) atoms. The molecule has 0 aliphatic rings. The first-order valence-corrected chi connectivity index (χ1v) is 18.0. The second kappa shape index (κ2) is 27.5. The fourth-order valence-corrected chi connectivity index (χ4v) is 4.91. The SMILES string of the molecule is CC(C)(C)OC(=O)N(CCCCCCCCN(CCCCCCNCCC#N)C(=O)OC(C)(C)C)CCCCCCNCCC#N. The van der Waals surface area contributed by atoms with Gasteiger partial charge >= 0.3 is 12.2 Å². The second-order valence-corrected chi connectivity index (χ2v) is 14.2. The van der Waals surface area contributed by atoms with Gasteiger partial charge in [-0.1, -0.05) is 51.4 Å². The predicted molar refractivity (Wildman–Crippen MR) is 186 cm³/mol. The van der Waals surface area contributed by atoms with Gasteiger partial charge in [-0.3, -0.25) is 0 Å². The van der Waals surface area contributed by atoms with E-state index in [4.69, 9.17) is 20.0 Å². The van der Waals surface area contributed by atoms with Crippen molar-refractivity contribution in [1.82, 2.24) is 20.4 Å². The van der Waals surface area contributed by atoms with E-state index in [0.29, 0.717) is 25.9 Å². The highest BCUT2D eigenvalue weighted by Gasteiger charge is 2.22. The first kappa shape index (κ1) is 43.4. The molecule has 0 rings (SSSR count). The van der Waals surface area contributed by atoms with Gasteiger partial charge in [-0.05, 0) is 93.2 Å². The summed E-state index contributed by atoms with van der Waals surface area (Å²) in [5, 5.41) is 23.8. The first-order chi connectivity index (χ1) is 21.9. The van der Waals surface area contributed by atoms with Crippen LogP contribution in [0.1, 0.15) is 144 Å². The number of ether oxygens (including phenoxy) is 2. The molecule has 0 saturated heterocycles. The van der Waals surface area contributed by atoms with Crippen molar-refractivity contribution in [2.24, 2.45) is 0 Å². The summed E-state index contributed by atoms with van der Waals surface area (Å²) < 4.78 is 11.4. The number of unbranched alkanes of at least 4 members (excludes halogenated alkanes) is 11. The second-order valence-electron chi connectivity index (χ2n) is 14.2. The van der Waals surface area contributed by atoms with Gasteiger partial charge in [0.1, 0.15) is 11.2 Å². The molecule has 2 amide bonds. The van der Waals surface area contributed by atoms with Crippen LogP contribution in [-0.2, 0) is 9.47 Å². The van der Waals surface area contributed by atoms with E-state index in [1.54, 1.807) is 0 Å². The van der Waals surface area contributed by atoms with Crippen molar-refractivity contribution >= 4 is 12.2 Å². The average molecular weight is 649 g/mol. The number of rotatable bonds is 27. The summed E-state index contributed by atoms with van der Waals surface area (Å²) in [5.74, 6) is 0. The quantitative estimate of drug-likeness (QED) is 0.0859. The minimum Gasteiger partial charge on any atom is -0.444 e. The third kappa shape index (κ3) is 28.9. The van der Waals surface area contributed by atoms with Crippen molar-refractivity contribution in [2.45, 2.75) is 155 Å². The molecule has 0 aromatic heterocycles. The Balaban J connectivity index is 4.40. The Kier molecular flexibility index (Phi) is 26.0. The molecule has 0 spiro atoms. The lowest BCUT2D eigenvalue weighted by molar-refractivity contribution is 0.0231. The van der Waals surface area contributed by atoms with E-state index in [2.05, 4.69) is 22.8 Å². The molecule has 10 nitrogen and oxygen atoms in total. The maximum Gasteiger partial charge on any atom is 0.410 e. The summed E-state index contributed by atoms with van der Waals surface area (Å²) in [5.41, 5.74) is -1.01.